The molecule has 0 heterocycles. The highest BCUT2D eigenvalue weighted by Crippen LogP contribution is 2.23. The number of hydrogen-bond donors (Lipinski definition) is 3. The van der Waals surface area contributed by atoms with Gasteiger partial charge in [0, 0.05) is 12.2 Å². The number of aromatic hydroxyl groups is 1. The van der Waals surface area contributed by atoms with Crippen molar-refractivity contribution < 1.29 is 19.5 Å². The molecule has 0 bridgehead atoms. The molecule has 3 amide bonds. The molecular formula is C34H36N4O4. The highest BCUT2D eigenvalue weighted by atomic mass is 16.3. The molecule has 4 aromatic carbocycles. The zero-order chi connectivity index (χ0) is 29.7. The van der Waals surface area contributed by atoms with E-state index < -0.39 is 5.91 Å². The highest BCUT2D eigenvalue weighted by Gasteiger charge is 2.23. The molecule has 42 heavy (non-hydrogen) atoms. The molecular weight excluding hydrogens is 528 g/mol. The van der Waals surface area contributed by atoms with Crippen LogP contribution in [0.1, 0.15) is 11.1 Å². The predicted molar refractivity (Wildman–Crippen MR) is 165 cm³/mol. The second-order valence-corrected chi connectivity index (χ2v) is 10.0. The summed E-state index contributed by atoms with van der Waals surface area (Å²) in [5.74, 6) is -1.05. The number of rotatable bonds is 14. The lowest BCUT2D eigenvalue weighted by atomic mass is 10.1. The first-order valence-corrected chi connectivity index (χ1v) is 13.9. The number of hydrogen-bond acceptors (Lipinski definition) is 5. The molecule has 4 aromatic rings. The average Bonchev–Trinajstić information content (AvgIpc) is 3.01. The molecule has 0 aliphatic carbocycles. The molecule has 0 unspecified atom stereocenters. The number of phenols is 1. The van der Waals surface area contributed by atoms with E-state index >= 15 is 0 Å². The van der Waals surface area contributed by atoms with Crippen LogP contribution in [0.4, 0.5) is 5.69 Å². The van der Waals surface area contributed by atoms with E-state index in [4.69, 9.17) is 5.73 Å². The number of amides is 3. The third-order valence-electron chi connectivity index (χ3n) is 6.90. The van der Waals surface area contributed by atoms with Gasteiger partial charge in [-0.1, -0.05) is 84.9 Å². The number of nitrogens with two attached hydrogens (primary N) is 1. The van der Waals surface area contributed by atoms with E-state index in [9.17, 15) is 19.5 Å². The second kappa shape index (κ2) is 15.2. The summed E-state index contributed by atoms with van der Waals surface area (Å²) in [6.07, 6.45) is 1.22. The van der Waals surface area contributed by atoms with E-state index in [-0.39, 0.29) is 37.2 Å². The van der Waals surface area contributed by atoms with Crippen molar-refractivity contribution in [3.8, 4) is 16.9 Å². The summed E-state index contributed by atoms with van der Waals surface area (Å²) < 4.78 is 0. The highest BCUT2D eigenvalue weighted by molar-refractivity contribution is 6.00. The molecule has 8 heteroatoms. The normalized spacial score (nSPS) is 10.7. The van der Waals surface area contributed by atoms with Crippen molar-refractivity contribution in [1.29, 1.82) is 0 Å². The van der Waals surface area contributed by atoms with Crippen molar-refractivity contribution in [2.75, 3.05) is 37.6 Å². The topological polar surface area (TPSA) is 116 Å². The van der Waals surface area contributed by atoms with Gasteiger partial charge in [-0.25, -0.2) is 0 Å². The minimum absolute atomic E-state index is 0.0195. The Labute approximate surface area is 246 Å². The van der Waals surface area contributed by atoms with Crippen LogP contribution in [0, 0.1) is 0 Å². The fourth-order valence-corrected chi connectivity index (χ4v) is 4.60. The summed E-state index contributed by atoms with van der Waals surface area (Å²) in [4.78, 5) is 41.7. The Morgan fingerprint density at radius 2 is 1.26 bits per heavy atom. The largest absolute Gasteiger partial charge is 0.508 e. The lowest BCUT2D eigenvalue weighted by molar-refractivity contribution is -0.134. The van der Waals surface area contributed by atoms with Gasteiger partial charge in [-0.15, -0.1) is 0 Å². The molecule has 0 fully saturated rings. The van der Waals surface area contributed by atoms with Crippen molar-refractivity contribution in [2.45, 2.75) is 12.8 Å². The standard InChI is InChI=1S/C34H36N4O4/c35-32(40)24-37(22-20-26-7-3-1-4-8-26)34(42)25-38(30-15-13-29(14-16-30)28-9-5-2-6-10-28)33(41)23-36-21-19-27-11-17-31(39)18-12-27/h1-18,36,39H,19-25H2,(H2,35,40). The number of nitrogens with one attached hydrogen (secondary N) is 1. The van der Waals surface area contributed by atoms with Crippen molar-refractivity contribution in [2.24, 2.45) is 5.73 Å². The minimum atomic E-state index is -0.614. The van der Waals surface area contributed by atoms with E-state index in [1.165, 1.54) is 9.80 Å². The van der Waals surface area contributed by atoms with E-state index in [1.54, 1.807) is 12.1 Å². The monoisotopic (exact) mass is 564 g/mol. The van der Waals surface area contributed by atoms with Gasteiger partial charge in [0.05, 0.1) is 13.1 Å². The number of anilines is 1. The quantitative estimate of drug-likeness (QED) is 0.202. The zero-order valence-electron chi connectivity index (χ0n) is 23.5. The van der Waals surface area contributed by atoms with E-state index in [0.29, 0.717) is 31.6 Å². The SMILES string of the molecule is NC(=O)CN(CCc1ccccc1)C(=O)CN(C(=O)CNCCc1ccc(O)cc1)c1ccc(-c2ccccc2)cc1. The molecule has 0 radical (unpaired) electrons. The third-order valence-corrected chi connectivity index (χ3v) is 6.90. The molecule has 0 aromatic heterocycles. The molecule has 0 saturated heterocycles. The molecule has 0 aliphatic rings. The Balaban J connectivity index is 1.47. The molecule has 4 N–H and O–H groups in total. The Kier molecular flexibility index (Phi) is 10.8. The maximum atomic E-state index is 13.5. The van der Waals surface area contributed by atoms with Crippen molar-refractivity contribution in [3.63, 3.8) is 0 Å². The third kappa shape index (κ3) is 9.04. The number of benzene rings is 4. The summed E-state index contributed by atoms with van der Waals surface area (Å²) in [5, 5.41) is 12.6. The number of primary amides is 1. The minimum Gasteiger partial charge on any atom is -0.508 e. The number of nitrogens with zero attached hydrogens (tertiary/aromatic N) is 2. The van der Waals surface area contributed by atoms with Crippen LogP contribution in [0.2, 0.25) is 0 Å². The number of carbonyl (C=O) groups is 3. The zero-order valence-corrected chi connectivity index (χ0v) is 23.5. The second-order valence-electron chi connectivity index (χ2n) is 10.0. The Morgan fingerprint density at radius 3 is 1.90 bits per heavy atom. The molecule has 4 rings (SSSR count). The summed E-state index contributed by atoms with van der Waals surface area (Å²) in [5.41, 5.74) is 10.1. The molecule has 216 valence electrons. The molecule has 0 atom stereocenters. The summed E-state index contributed by atoms with van der Waals surface area (Å²) in [7, 11) is 0. The van der Waals surface area contributed by atoms with Gasteiger partial charge in [0.1, 0.15) is 12.3 Å². The Morgan fingerprint density at radius 1 is 0.667 bits per heavy atom. The first-order valence-electron chi connectivity index (χ1n) is 13.9. The van der Waals surface area contributed by atoms with Gasteiger partial charge in [-0.05, 0) is 65.9 Å². The van der Waals surface area contributed by atoms with E-state index in [2.05, 4.69) is 5.32 Å². The fourth-order valence-electron chi connectivity index (χ4n) is 4.60. The fraction of sp³-hybridized carbons (Fsp3) is 0.206. The van der Waals surface area contributed by atoms with Crippen molar-refractivity contribution in [1.82, 2.24) is 10.2 Å². The van der Waals surface area contributed by atoms with Crippen LogP contribution < -0.4 is 16.0 Å². The number of phenolic OH excluding ortho intramolecular Hbond substituents is 1. The lowest BCUT2D eigenvalue weighted by Gasteiger charge is -2.27. The van der Waals surface area contributed by atoms with Crippen molar-refractivity contribution in [3.05, 3.63) is 120 Å². The van der Waals surface area contributed by atoms with Crippen LogP contribution in [0.5, 0.6) is 5.75 Å². The van der Waals surface area contributed by atoms with Gasteiger partial charge < -0.3 is 26.0 Å². The smallest absolute Gasteiger partial charge is 0.243 e. The predicted octanol–water partition coefficient (Wildman–Crippen LogP) is 3.78. The van der Waals surface area contributed by atoms with Crippen molar-refractivity contribution >= 4 is 23.4 Å². The first kappa shape index (κ1) is 30.0. The van der Waals surface area contributed by atoms with E-state index in [1.807, 2.05) is 97.1 Å². The van der Waals surface area contributed by atoms with Crippen LogP contribution in [0.15, 0.2) is 109 Å². The van der Waals surface area contributed by atoms with Crippen LogP contribution >= 0.6 is 0 Å². The lowest BCUT2D eigenvalue weighted by Crippen LogP contribution is -2.48. The Hall–Kier alpha value is -4.95. The maximum absolute atomic E-state index is 13.5. The van der Waals surface area contributed by atoms with Gasteiger partial charge in [-0.3, -0.25) is 14.4 Å². The van der Waals surface area contributed by atoms with Gasteiger partial charge in [0.25, 0.3) is 0 Å². The van der Waals surface area contributed by atoms with Crippen LogP contribution in [-0.4, -0.2) is 60.5 Å². The maximum Gasteiger partial charge on any atom is 0.243 e. The first-order chi connectivity index (χ1) is 20.4. The molecule has 0 aliphatic heterocycles. The summed E-state index contributed by atoms with van der Waals surface area (Å²) in [6, 6.07) is 34.0. The molecule has 8 nitrogen and oxygen atoms in total. The molecule has 0 spiro atoms. The van der Waals surface area contributed by atoms with Gasteiger partial charge >= 0.3 is 0 Å². The Bertz CT molecular complexity index is 1440. The van der Waals surface area contributed by atoms with Crippen LogP contribution in [-0.2, 0) is 27.2 Å². The summed E-state index contributed by atoms with van der Waals surface area (Å²) in [6.45, 7) is 0.393. The van der Waals surface area contributed by atoms with E-state index in [0.717, 1.165) is 22.3 Å². The molecule has 0 saturated carbocycles. The number of carbonyl (C=O) groups excluding carboxylic acids is 3. The van der Waals surface area contributed by atoms with Gasteiger partial charge in [0.2, 0.25) is 17.7 Å². The van der Waals surface area contributed by atoms with Crippen LogP contribution in [0.25, 0.3) is 11.1 Å². The average molecular weight is 565 g/mol. The van der Waals surface area contributed by atoms with Crippen LogP contribution in [0.3, 0.4) is 0 Å². The van der Waals surface area contributed by atoms with Gasteiger partial charge in [-0.2, -0.15) is 0 Å². The van der Waals surface area contributed by atoms with Gasteiger partial charge in [0.15, 0.2) is 0 Å². The summed E-state index contributed by atoms with van der Waals surface area (Å²) >= 11 is 0.